The quantitative estimate of drug-likeness (QED) is 0.365. The zero-order chi connectivity index (χ0) is 27.8. The van der Waals surface area contributed by atoms with E-state index in [-0.39, 0.29) is 25.4 Å². The maximum absolute atomic E-state index is 13.8. The van der Waals surface area contributed by atoms with Crippen molar-refractivity contribution in [2.75, 3.05) is 20.9 Å². The summed E-state index contributed by atoms with van der Waals surface area (Å²) in [6.07, 6.45) is 4.80. The van der Waals surface area contributed by atoms with Crippen LogP contribution in [0.1, 0.15) is 61.3 Å². The van der Waals surface area contributed by atoms with Crippen molar-refractivity contribution < 1.29 is 24.1 Å². The minimum Gasteiger partial charge on any atom is -0.458 e. The average Bonchev–Trinajstić information content (AvgIpc) is 3.58. The number of nitrogens with zero attached hydrogens (tertiary/aromatic N) is 3. The van der Waals surface area contributed by atoms with Gasteiger partial charge in [0.1, 0.15) is 6.61 Å². The molecule has 1 saturated carbocycles. The molecule has 40 heavy (non-hydrogen) atoms. The van der Waals surface area contributed by atoms with Crippen molar-refractivity contribution in [3.63, 3.8) is 0 Å². The van der Waals surface area contributed by atoms with Gasteiger partial charge >= 0.3 is 5.97 Å². The summed E-state index contributed by atoms with van der Waals surface area (Å²) in [5.41, 5.74) is 2.65. The van der Waals surface area contributed by atoms with Crippen molar-refractivity contribution in [1.82, 2.24) is 19.8 Å². The summed E-state index contributed by atoms with van der Waals surface area (Å²) in [4.78, 5) is 33.8. The number of esters is 1. The van der Waals surface area contributed by atoms with Crippen LogP contribution >= 0.6 is 0 Å². The van der Waals surface area contributed by atoms with Gasteiger partial charge in [0.05, 0.1) is 29.0 Å². The van der Waals surface area contributed by atoms with Crippen molar-refractivity contribution in [2.24, 2.45) is 0 Å². The lowest BCUT2D eigenvalue weighted by Gasteiger charge is -2.38. The third-order valence-electron chi connectivity index (χ3n) is 9.37. The minimum atomic E-state index is -1.86. The first-order valence-corrected chi connectivity index (χ1v) is 14.1. The third-order valence-corrected chi connectivity index (χ3v) is 9.37. The molecule has 2 N–H and O–H groups in total. The molecule has 0 bridgehead atoms. The molecule has 1 aromatic carbocycles. The fourth-order valence-corrected chi connectivity index (χ4v) is 7.07. The number of fused-ring (bicyclic) bond motifs is 6. The molecule has 4 aliphatic rings. The van der Waals surface area contributed by atoms with Crippen LogP contribution in [0, 0.1) is 0 Å². The molecule has 3 aliphatic heterocycles. The first kappa shape index (κ1) is 25.5. The summed E-state index contributed by atoms with van der Waals surface area (Å²) >= 11 is 0. The third kappa shape index (κ3) is 3.62. The van der Waals surface area contributed by atoms with Crippen molar-refractivity contribution in [3.8, 4) is 22.9 Å². The topological polar surface area (TPSA) is 115 Å². The molecule has 1 aliphatic carbocycles. The van der Waals surface area contributed by atoms with Crippen molar-refractivity contribution in [3.05, 3.63) is 50.8 Å². The number of likely N-dealkylation sites (N-methyl/N-ethyl adjacent to an activating group) is 2. The first-order chi connectivity index (χ1) is 19.3. The van der Waals surface area contributed by atoms with Crippen molar-refractivity contribution in [2.45, 2.75) is 76.4 Å². The van der Waals surface area contributed by atoms with Gasteiger partial charge < -0.3 is 29.2 Å². The Labute approximate surface area is 231 Å². The normalized spacial score (nSPS) is 24.7. The molecule has 0 amide bonds. The number of aromatic nitrogens is 2. The molecule has 3 aromatic rings. The molecule has 2 aromatic heterocycles. The highest BCUT2D eigenvalue weighted by Crippen LogP contribution is 2.43. The predicted octanol–water partition coefficient (Wildman–Crippen LogP) is 2.77. The maximum atomic E-state index is 13.8. The lowest BCUT2D eigenvalue weighted by atomic mass is 9.86. The van der Waals surface area contributed by atoms with Gasteiger partial charge in [-0.15, -0.1) is 0 Å². The molecule has 10 heteroatoms. The van der Waals surface area contributed by atoms with Crippen LogP contribution < -0.4 is 20.3 Å². The predicted molar refractivity (Wildman–Crippen MR) is 147 cm³/mol. The zero-order valence-corrected chi connectivity index (χ0v) is 23.1. The van der Waals surface area contributed by atoms with Crippen molar-refractivity contribution in [1.29, 1.82) is 0 Å². The number of aliphatic hydroxyl groups is 1. The Bertz CT molecular complexity index is 1620. The van der Waals surface area contributed by atoms with E-state index in [2.05, 4.69) is 17.3 Å². The number of hydrogen-bond acceptors (Lipinski definition) is 9. The van der Waals surface area contributed by atoms with Crippen LogP contribution in [0.3, 0.4) is 0 Å². The molecular weight excluding hydrogens is 512 g/mol. The number of hydrogen-bond donors (Lipinski definition) is 2. The van der Waals surface area contributed by atoms with Gasteiger partial charge in [-0.25, -0.2) is 9.78 Å². The molecule has 3 atom stereocenters. The van der Waals surface area contributed by atoms with Gasteiger partial charge in [-0.2, -0.15) is 0 Å². The highest BCUT2D eigenvalue weighted by atomic mass is 16.7. The van der Waals surface area contributed by atoms with Gasteiger partial charge in [0.25, 0.3) is 5.56 Å². The molecule has 1 unspecified atom stereocenters. The van der Waals surface area contributed by atoms with Gasteiger partial charge in [0.15, 0.2) is 17.1 Å². The lowest BCUT2D eigenvalue weighted by Crippen LogP contribution is -2.49. The Kier molecular flexibility index (Phi) is 5.92. The fraction of sp³-hybridized carbons (Fsp3) is 0.500. The van der Waals surface area contributed by atoms with Crippen LogP contribution in [-0.4, -0.2) is 58.5 Å². The van der Waals surface area contributed by atoms with Gasteiger partial charge in [-0.1, -0.05) is 19.8 Å². The zero-order valence-electron chi connectivity index (χ0n) is 23.1. The van der Waals surface area contributed by atoms with E-state index < -0.39 is 11.6 Å². The molecule has 7 rings (SSSR count). The highest BCUT2D eigenvalue weighted by molar-refractivity contribution is 5.91. The van der Waals surface area contributed by atoms with Gasteiger partial charge in [-0.05, 0) is 51.1 Å². The molecule has 5 heterocycles. The number of ether oxygens (including phenoxy) is 3. The molecular formula is C30H34N4O6. The second-order valence-electron chi connectivity index (χ2n) is 11.4. The number of benzene rings is 1. The lowest BCUT2D eigenvalue weighted by molar-refractivity contribution is -0.172. The highest BCUT2D eigenvalue weighted by Gasteiger charge is 2.45. The Morgan fingerprint density at radius 1 is 1.12 bits per heavy atom. The number of rotatable bonds is 5. The average molecular weight is 547 g/mol. The summed E-state index contributed by atoms with van der Waals surface area (Å²) in [5.74, 6) is 0.611. The molecule has 1 fully saturated rings. The Morgan fingerprint density at radius 3 is 2.67 bits per heavy atom. The molecule has 210 valence electrons. The van der Waals surface area contributed by atoms with E-state index >= 15 is 0 Å². The van der Waals surface area contributed by atoms with E-state index in [0.717, 1.165) is 34.9 Å². The number of nitrogens with one attached hydrogen (secondary N) is 1. The SMILES string of the molecule is CC[C@@]1(O)C(=O)OCc2c1cc1n(c2=O)Cc2c-1nc1cc3c(cc1c2CN(C)C1CCCC[C@H]1NC)OCO3. The van der Waals surface area contributed by atoms with E-state index in [1.54, 1.807) is 17.6 Å². The Balaban J connectivity index is 1.42. The summed E-state index contributed by atoms with van der Waals surface area (Å²) in [6, 6.07) is 6.47. The molecule has 0 saturated heterocycles. The first-order valence-electron chi connectivity index (χ1n) is 14.1. The Hall–Kier alpha value is -3.47. The van der Waals surface area contributed by atoms with E-state index in [4.69, 9.17) is 19.2 Å². The van der Waals surface area contributed by atoms with Crippen LogP contribution in [0.15, 0.2) is 23.0 Å². The van der Waals surface area contributed by atoms with E-state index in [9.17, 15) is 14.7 Å². The number of pyridine rings is 2. The molecule has 0 spiro atoms. The van der Waals surface area contributed by atoms with Crippen LogP contribution in [0.2, 0.25) is 0 Å². The van der Waals surface area contributed by atoms with E-state index in [1.807, 2.05) is 19.2 Å². The molecule has 0 radical (unpaired) electrons. The minimum absolute atomic E-state index is 0.104. The number of cyclic esters (lactones) is 1. The van der Waals surface area contributed by atoms with Crippen molar-refractivity contribution >= 4 is 16.9 Å². The fourth-order valence-electron chi connectivity index (χ4n) is 7.07. The van der Waals surface area contributed by atoms with Gasteiger partial charge in [0.2, 0.25) is 6.79 Å². The Morgan fingerprint density at radius 2 is 1.90 bits per heavy atom. The molecule has 10 nitrogen and oxygen atoms in total. The summed E-state index contributed by atoms with van der Waals surface area (Å²) in [5, 5.41) is 15.7. The summed E-state index contributed by atoms with van der Waals surface area (Å²) in [7, 11) is 4.21. The smallest absolute Gasteiger partial charge is 0.343 e. The summed E-state index contributed by atoms with van der Waals surface area (Å²) < 4.78 is 18.3. The number of carbonyl (C=O) groups excluding carboxylic acids is 1. The van der Waals surface area contributed by atoms with Gasteiger partial charge in [-0.3, -0.25) is 9.69 Å². The van der Waals surface area contributed by atoms with Crippen LogP contribution in [-0.2, 0) is 34.8 Å². The standard InChI is InChI=1S/C30H34N4O6/c1-4-30(37)20-10-24-27-18(13-34(24)28(35)19(20)14-38-29(30)36)17(12-33(3)23-8-6-5-7-21(23)31-2)16-9-25-26(40-15-39-25)11-22(16)32-27/h9-11,21,23,31,37H,4-8,12-15H2,1-3H3/t21-,23?,30+/m1/s1. The second-order valence-corrected chi connectivity index (χ2v) is 11.4. The van der Waals surface area contributed by atoms with E-state index in [0.29, 0.717) is 59.2 Å². The largest absolute Gasteiger partial charge is 0.458 e. The van der Waals surface area contributed by atoms with E-state index in [1.165, 1.54) is 12.8 Å². The monoisotopic (exact) mass is 546 g/mol. The summed E-state index contributed by atoms with van der Waals surface area (Å²) in [6.45, 7) is 2.76. The van der Waals surface area contributed by atoms with Crippen LogP contribution in [0.25, 0.3) is 22.3 Å². The number of carbonyl (C=O) groups is 1. The van der Waals surface area contributed by atoms with Gasteiger partial charge in [0, 0.05) is 41.2 Å². The second kappa shape index (κ2) is 9.29. The van der Waals surface area contributed by atoms with Crippen LogP contribution in [0.4, 0.5) is 0 Å². The maximum Gasteiger partial charge on any atom is 0.343 e. The van der Waals surface area contributed by atoms with Crippen LogP contribution in [0.5, 0.6) is 11.5 Å².